The van der Waals surface area contributed by atoms with E-state index in [1.165, 1.54) is 30.3 Å². The molecule has 2 N–H and O–H groups in total. The number of anilines is 1. The van der Waals surface area contributed by atoms with Crippen LogP contribution in [0.1, 0.15) is 5.56 Å². The van der Waals surface area contributed by atoms with Crippen LogP contribution in [0, 0.1) is 5.82 Å². The highest BCUT2D eigenvalue weighted by molar-refractivity contribution is 9.10. The molecule has 0 heterocycles. The van der Waals surface area contributed by atoms with Crippen molar-refractivity contribution in [2.75, 3.05) is 4.72 Å². The molecule has 8 heteroatoms. The Kier molecular flexibility index (Phi) is 4.88. The van der Waals surface area contributed by atoms with Gasteiger partial charge in [0, 0.05) is 9.50 Å². The summed E-state index contributed by atoms with van der Waals surface area (Å²) in [5.74, 6) is -0.567. The van der Waals surface area contributed by atoms with Crippen molar-refractivity contribution in [2.24, 2.45) is 0 Å². The third-order valence-corrected chi connectivity index (χ3v) is 5.09. The molecule has 0 aliphatic carbocycles. The molecule has 0 aromatic heterocycles. The number of hydrogen-bond acceptors (Lipinski definition) is 3. The molecule has 0 bridgehead atoms. The summed E-state index contributed by atoms with van der Waals surface area (Å²) in [7, 11) is -3.92. The largest absolute Gasteiger partial charge is 0.392 e. The average molecular weight is 395 g/mol. The highest BCUT2D eigenvalue weighted by Gasteiger charge is 2.17. The highest BCUT2D eigenvalue weighted by atomic mass is 79.9. The van der Waals surface area contributed by atoms with Crippen molar-refractivity contribution >= 4 is 43.2 Å². The van der Waals surface area contributed by atoms with E-state index >= 15 is 0 Å². The molecule has 0 radical (unpaired) electrons. The van der Waals surface area contributed by atoms with E-state index in [1.807, 2.05) is 0 Å². The van der Waals surface area contributed by atoms with E-state index in [1.54, 1.807) is 0 Å². The van der Waals surface area contributed by atoms with Gasteiger partial charge in [0.25, 0.3) is 10.0 Å². The lowest BCUT2D eigenvalue weighted by molar-refractivity contribution is 0.281. The quantitative estimate of drug-likeness (QED) is 0.833. The van der Waals surface area contributed by atoms with E-state index in [4.69, 9.17) is 16.7 Å². The fourth-order valence-corrected chi connectivity index (χ4v) is 3.39. The summed E-state index contributed by atoms with van der Waals surface area (Å²) in [4.78, 5) is -0.0767. The predicted molar refractivity (Wildman–Crippen MR) is 82.3 cm³/mol. The van der Waals surface area contributed by atoms with E-state index in [9.17, 15) is 12.8 Å². The monoisotopic (exact) mass is 393 g/mol. The number of hydrogen-bond donors (Lipinski definition) is 2. The van der Waals surface area contributed by atoms with Gasteiger partial charge in [0.2, 0.25) is 0 Å². The first-order chi connectivity index (χ1) is 9.83. The number of aliphatic hydroxyl groups excluding tert-OH is 1. The SMILES string of the molecule is O=S(=O)(Nc1cc(F)ccc1Br)c1ccc(Cl)c(CO)c1. The van der Waals surface area contributed by atoms with Gasteiger partial charge >= 0.3 is 0 Å². The number of aliphatic hydroxyl groups is 1. The molecular formula is C13H10BrClFNO3S. The summed E-state index contributed by atoms with van der Waals surface area (Å²) >= 11 is 8.96. The molecule has 0 unspecified atom stereocenters. The van der Waals surface area contributed by atoms with Crippen molar-refractivity contribution in [3.8, 4) is 0 Å². The van der Waals surface area contributed by atoms with Crippen LogP contribution in [0.4, 0.5) is 10.1 Å². The Morgan fingerprint density at radius 3 is 2.62 bits per heavy atom. The Morgan fingerprint density at radius 1 is 1.24 bits per heavy atom. The molecule has 2 aromatic rings. The van der Waals surface area contributed by atoms with Crippen molar-refractivity contribution < 1.29 is 17.9 Å². The lowest BCUT2D eigenvalue weighted by Crippen LogP contribution is -2.14. The molecule has 0 aliphatic rings. The summed E-state index contributed by atoms with van der Waals surface area (Å²) in [5, 5.41) is 9.39. The third-order valence-electron chi connectivity index (χ3n) is 2.67. The number of benzene rings is 2. The minimum atomic E-state index is -3.92. The molecule has 0 atom stereocenters. The molecule has 0 spiro atoms. The van der Waals surface area contributed by atoms with E-state index in [0.717, 1.165) is 6.07 Å². The van der Waals surface area contributed by atoms with E-state index in [2.05, 4.69) is 20.7 Å². The minimum absolute atomic E-state index is 0.0767. The Morgan fingerprint density at radius 2 is 1.95 bits per heavy atom. The molecule has 4 nitrogen and oxygen atoms in total. The molecule has 21 heavy (non-hydrogen) atoms. The topological polar surface area (TPSA) is 66.4 Å². The molecule has 0 fully saturated rings. The van der Waals surface area contributed by atoms with Gasteiger partial charge in [-0.3, -0.25) is 4.72 Å². The van der Waals surface area contributed by atoms with Crippen LogP contribution in [-0.2, 0) is 16.6 Å². The van der Waals surface area contributed by atoms with Gasteiger partial charge < -0.3 is 5.11 Å². The van der Waals surface area contributed by atoms with E-state index in [0.29, 0.717) is 4.47 Å². The zero-order valence-electron chi connectivity index (χ0n) is 10.5. The Balaban J connectivity index is 2.41. The molecular weight excluding hydrogens is 385 g/mol. The van der Waals surface area contributed by atoms with Crippen LogP contribution in [-0.4, -0.2) is 13.5 Å². The van der Waals surface area contributed by atoms with Crippen LogP contribution in [0.2, 0.25) is 5.02 Å². The molecule has 112 valence electrons. The maximum absolute atomic E-state index is 13.2. The minimum Gasteiger partial charge on any atom is -0.392 e. The van der Waals surface area contributed by atoms with Crippen molar-refractivity contribution in [1.29, 1.82) is 0 Å². The zero-order chi connectivity index (χ0) is 15.6. The summed E-state index contributed by atoms with van der Waals surface area (Å²) in [5.41, 5.74) is 0.369. The highest BCUT2D eigenvalue weighted by Crippen LogP contribution is 2.27. The number of rotatable bonds is 4. The van der Waals surface area contributed by atoms with Gasteiger partial charge in [-0.05, 0) is 57.9 Å². The lowest BCUT2D eigenvalue weighted by atomic mass is 10.2. The van der Waals surface area contributed by atoms with Crippen molar-refractivity contribution in [1.82, 2.24) is 0 Å². The van der Waals surface area contributed by atoms with Gasteiger partial charge in [-0.15, -0.1) is 0 Å². The normalized spacial score (nSPS) is 11.4. The first-order valence-electron chi connectivity index (χ1n) is 5.70. The first kappa shape index (κ1) is 16.2. The first-order valence-corrected chi connectivity index (χ1v) is 8.36. The van der Waals surface area contributed by atoms with Crippen LogP contribution in [0.25, 0.3) is 0 Å². The summed E-state index contributed by atoms with van der Waals surface area (Å²) in [6.07, 6.45) is 0. The van der Waals surface area contributed by atoms with Gasteiger partial charge in [-0.25, -0.2) is 12.8 Å². The molecule has 0 saturated carbocycles. The maximum Gasteiger partial charge on any atom is 0.261 e. The van der Waals surface area contributed by atoms with Crippen LogP contribution in [0.15, 0.2) is 45.8 Å². The predicted octanol–water partition coefficient (Wildman–Crippen LogP) is 3.53. The fourth-order valence-electron chi connectivity index (χ4n) is 1.62. The van der Waals surface area contributed by atoms with Gasteiger partial charge in [-0.2, -0.15) is 0 Å². The molecule has 0 amide bonds. The Labute approximate surface area is 134 Å². The summed E-state index contributed by atoms with van der Waals surface area (Å²) in [6.45, 7) is -0.383. The zero-order valence-corrected chi connectivity index (χ0v) is 13.6. The van der Waals surface area contributed by atoms with Crippen LogP contribution in [0.3, 0.4) is 0 Å². The Bertz CT molecular complexity index is 783. The van der Waals surface area contributed by atoms with Crippen molar-refractivity contribution in [3.05, 3.63) is 57.3 Å². The van der Waals surface area contributed by atoms with Crippen LogP contribution in [0.5, 0.6) is 0 Å². The molecule has 0 saturated heterocycles. The second-order valence-corrected chi connectivity index (χ2v) is 7.08. The van der Waals surface area contributed by atoms with Crippen molar-refractivity contribution in [2.45, 2.75) is 11.5 Å². The maximum atomic E-state index is 13.2. The van der Waals surface area contributed by atoms with Crippen LogP contribution < -0.4 is 4.72 Å². The second kappa shape index (κ2) is 6.31. The Hall–Kier alpha value is -1.15. The summed E-state index contributed by atoms with van der Waals surface area (Å²) in [6, 6.07) is 7.60. The van der Waals surface area contributed by atoms with E-state index < -0.39 is 15.8 Å². The summed E-state index contributed by atoms with van der Waals surface area (Å²) < 4.78 is 40.4. The van der Waals surface area contributed by atoms with E-state index in [-0.39, 0.29) is 27.8 Å². The second-order valence-electron chi connectivity index (χ2n) is 4.14. The molecule has 2 aromatic carbocycles. The number of nitrogens with one attached hydrogen (secondary N) is 1. The fraction of sp³-hybridized carbons (Fsp3) is 0.0769. The number of halogens is 3. The van der Waals surface area contributed by atoms with Gasteiger partial charge in [0.1, 0.15) is 5.82 Å². The average Bonchev–Trinajstić information content (AvgIpc) is 2.43. The van der Waals surface area contributed by atoms with Crippen molar-refractivity contribution in [3.63, 3.8) is 0 Å². The third kappa shape index (κ3) is 3.74. The smallest absolute Gasteiger partial charge is 0.261 e. The van der Waals surface area contributed by atoms with Crippen LogP contribution >= 0.6 is 27.5 Å². The van der Waals surface area contributed by atoms with Gasteiger partial charge in [-0.1, -0.05) is 11.6 Å². The molecule has 2 rings (SSSR count). The van der Waals surface area contributed by atoms with Gasteiger partial charge in [0.15, 0.2) is 0 Å². The van der Waals surface area contributed by atoms with Gasteiger partial charge in [0.05, 0.1) is 17.2 Å². The lowest BCUT2D eigenvalue weighted by Gasteiger charge is -2.11. The standard InChI is InChI=1S/C13H10BrClFNO3S/c14-11-3-1-9(16)6-13(11)17-21(19,20)10-2-4-12(15)8(5-10)7-18/h1-6,17-18H,7H2. The molecule has 0 aliphatic heterocycles. The number of sulfonamides is 1.